The molecule has 2 amide bonds. The fourth-order valence-electron chi connectivity index (χ4n) is 3.06. The molecule has 174 valence electrons. The molecule has 0 aliphatic carbocycles. The third-order valence-corrected chi connectivity index (χ3v) is 4.35. The third kappa shape index (κ3) is 10.8. The fourth-order valence-corrected chi connectivity index (χ4v) is 3.06. The second kappa shape index (κ2) is 12.3. The standard InChI is InChI=1S/C23H35FN2O5/c1-15(2)12-17(14-19(27)30-6)25-21(28)20(24)18(13-16-10-8-7-9-11-16)26-22(29)31-23(3,4)5/h7-11,15,17-18,20H,12-14H2,1-6H3,(H,25,28)(H,26,29)/t17-,18+,20+/m0/s1. The van der Waals surface area contributed by atoms with Gasteiger partial charge in [-0.3, -0.25) is 9.59 Å². The molecule has 0 saturated heterocycles. The van der Waals surface area contributed by atoms with Crippen molar-refractivity contribution in [1.82, 2.24) is 10.6 Å². The first-order valence-electron chi connectivity index (χ1n) is 10.5. The second-order valence-corrected chi connectivity index (χ2v) is 8.96. The number of alkyl halides is 1. The molecule has 0 saturated carbocycles. The summed E-state index contributed by atoms with van der Waals surface area (Å²) in [5, 5.41) is 5.07. The molecule has 1 rings (SSSR count). The maximum atomic E-state index is 15.3. The highest BCUT2D eigenvalue weighted by Crippen LogP contribution is 2.14. The van der Waals surface area contributed by atoms with Crippen LogP contribution in [0.15, 0.2) is 30.3 Å². The van der Waals surface area contributed by atoms with Crippen LogP contribution in [0.5, 0.6) is 0 Å². The van der Waals surface area contributed by atoms with Crippen molar-refractivity contribution in [3.63, 3.8) is 0 Å². The Labute approximate surface area is 184 Å². The number of methoxy groups -OCH3 is 1. The van der Waals surface area contributed by atoms with Gasteiger partial charge in [0.25, 0.3) is 5.91 Å². The number of carbonyl (C=O) groups excluding carboxylic acids is 3. The quantitative estimate of drug-likeness (QED) is 0.545. The highest BCUT2D eigenvalue weighted by molar-refractivity contribution is 5.83. The van der Waals surface area contributed by atoms with Crippen LogP contribution in [0.2, 0.25) is 0 Å². The number of alkyl carbamates (subject to hydrolysis) is 1. The maximum Gasteiger partial charge on any atom is 0.407 e. The third-order valence-electron chi connectivity index (χ3n) is 4.35. The molecule has 31 heavy (non-hydrogen) atoms. The molecular weight excluding hydrogens is 403 g/mol. The van der Waals surface area contributed by atoms with E-state index < -0.39 is 41.8 Å². The zero-order valence-electron chi connectivity index (χ0n) is 19.2. The van der Waals surface area contributed by atoms with Gasteiger partial charge in [-0.15, -0.1) is 0 Å². The van der Waals surface area contributed by atoms with Gasteiger partial charge in [-0.25, -0.2) is 9.18 Å². The first-order chi connectivity index (χ1) is 14.4. The lowest BCUT2D eigenvalue weighted by molar-refractivity contribution is -0.141. The van der Waals surface area contributed by atoms with Crippen LogP contribution < -0.4 is 10.6 Å². The summed E-state index contributed by atoms with van der Waals surface area (Å²) in [6.07, 6.45) is -2.33. The van der Waals surface area contributed by atoms with E-state index in [1.807, 2.05) is 19.9 Å². The summed E-state index contributed by atoms with van der Waals surface area (Å²) in [7, 11) is 1.26. The Kier molecular flexibility index (Phi) is 10.4. The number of hydrogen-bond acceptors (Lipinski definition) is 5. The van der Waals surface area contributed by atoms with E-state index in [2.05, 4.69) is 15.4 Å². The molecule has 1 aromatic rings. The number of esters is 1. The van der Waals surface area contributed by atoms with Crippen molar-refractivity contribution < 1.29 is 28.2 Å². The molecule has 8 heteroatoms. The van der Waals surface area contributed by atoms with E-state index in [0.717, 1.165) is 5.56 Å². The molecule has 0 aromatic heterocycles. The van der Waals surface area contributed by atoms with Gasteiger partial charge in [-0.2, -0.15) is 0 Å². The Bertz CT molecular complexity index is 718. The highest BCUT2D eigenvalue weighted by Gasteiger charge is 2.33. The normalized spacial score (nSPS) is 14.3. The molecule has 0 aliphatic heterocycles. The first kappa shape index (κ1) is 26.4. The Hall–Kier alpha value is -2.64. The molecule has 0 aliphatic rings. The largest absolute Gasteiger partial charge is 0.469 e. The number of ether oxygens (including phenoxy) is 2. The number of carbonyl (C=O) groups is 3. The van der Waals surface area contributed by atoms with Crippen molar-refractivity contribution in [3.05, 3.63) is 35.9 Å². The number of rotatable bonds is 10. The second-order valence-electron chi connectivity index (χ2n) is 8.96. The Morgan fingerprint density at radius 1 is 1.06 bits per heavy atom. The SMILES string of the molecule is COC(=O)C[C@H](CC(C)C)NC(=O)[C@H](F)[C@@H](Cc1ccccc1)NC(=O)OC(C)(C)C. The van der Waals surface area contributed by atoms with Gasteiger partial charge in [0.15, 0.2) is 6.17 Å². The first-order valence-corrected chi connectivity index (χ1v) is 10.5. The van der Waals surface area contributed by atoms with Gasteiger partial charge in [0.1, 0.15) is 5.60 Å². The topological polar surface area (TPSA) is 93.7 Å². The van der Waals surface area contributed by atoms with E-state index >= 15 is 4.39 Å². The number of benzene rings is 1. The van der Waals surface area contributed by atoms with Gasteiger partial charge in [0.2, 0.25) is 0 Å². The van der Waals surface area contributed by atoms with Crippen molar-refractivity contribution >= 4 is 18.0 Å². The molecule has 0 fully saturated rings. The van der Waals surface area contributed by atoms with Crippen LogP contribution in [0.3, 0.4) is 0 Å². The molecule has 0 spiro atoms. The Morgan fingerprint density at radius 3 is 2.19 bits per heavy atom. The highest BCUT2D eigenvalue weighted by atomic mass is 19.1. The molecule has 1 aromatic carbocycles. The maximum absolute atomic E-state index is 15.3. The van der Waals surface area contributed by atoms with Gasteiger partial charge in [-0.05, 0) is 45.1 Å². The predicted molar refractivity (Wildman–Crippen MR) is 116 cm³/mol. The number of halogens is 1. The van der Waals surface area contributed by atoms with E-state index in [1.165, 1.54) is 7.11 Å². The van der Waals surface area contributed by atoms with Crippen LogP contribution in [0.1, 0.15) is 53.0 Å². The van der Waals surface area contributed by atoms with E-state index in [-0.39, 0.29) is 18.8 Å². The monoisotopic (exact) mass is 438 g/mol. The van der Waals surface area contributed by atoms with Crippen molar-refractivity contribution in [3.8, 4) is 0 Å². The minimum Gasteiger partial charge on any atom is -0.469 e. The molecule has 2 N–H and O–H groups in total. The van der Waals surface area contributed by atoms with Crippen LogP contribution in [0.25, 0.3) is 0 Å². The average Bonchev–Trinajstić information content (AvgIpc) is 2.65. The van der Waals surface area contributed by atoms with Crippen molar-refractivity contribution in [2.75, 3.05) is 7.11 Å². The summed E-state index contributed by atoms with van der Waals surface area (Å²) in [5.41, 5.74) is -0.00879. The summed E-state index contributed by atoms with van der Waals surface area (Å²) in [4.78, 5) is 36.6. The zero-order valence-corrected chi connectivity index (χ0v) is 19.2. The molecule has 0 heterocycles. The number of nitrogens with one attached hydrogen (secondary N) is 2. The van der Waals surface area contributed by atoms with Gasteiger partial charge < -0.3 is 20.1 Å². The van der Waals surface area contributed by atoms with E-state index in [9.17, 15) is 14.4 Å². The predicted octanol–water partition coefficient (Wildman–Crippen LogP) is 3.55. The lowest BCUT2D eigenvalue weighted by Gasteiger charge is -2.27. The van der Waals surface area contributed by atoms with Crippen LogP contribution in [-0.4, -0.2) is 48.9 Å². The summed E-state index contributed by atoms with van der Waals surface area (Å²) >= 11 is 0. The van der Waals surface area contributed by atoms with Crippen LogP contribution in [-0.2, 0) is 25.5 Å². The van der Waals surface area contributed by atoms with Gasteiger partial charge in [0, 0.05) is 6.04 Å². The van der Waals surface area contributed by atoms with Crippen molar-refractivity contribution in [2.24, 2.45) is 5.92 Å². The molecular formula is C23H35FN2O5. The Morgan fingerprint density at radius 2 is 1.68 bits per heavy atom. The molecule has 0 radical (unpaired) electrons. The summed E-state index contributed by atoms with van der Waals surface area (Å²) in [6.45, 7) is 8.96. The summed E-state index contributed by atoms with van der Waals surface area (Å²) in [5.74, 6) is -1.21. The van der Waals surface area contributed by atoms with Crippen molar-refractivity contribution in [2.45, 2.75) is 77.7 Å². The minimum absolute atomic E-state index is 0.0595. The van der Waals surface area contributed by atoms with E-state index in [0.29, 0.717) is 6.42 Å². The average molecular weight is 439 g/mol. The summed E-state index contributed by atoms with van der Waals surface area (Å²) in [6, 6.07) is 7.26. The van der Waals surface area contributed by atoms with Crippen LogP contribution >= 0.6 is 0 Å². The summed E-state index contributed by atoms with van der Waals surface area (Å²) < 4.78 is 25.2. The lowest BCUT2D eigenvalue weighted by Crippen LogP contribution is -2.52. The molecule has 0 unspecified atom stereocenters. The Balaban J connectivity index is 2.96. The number of amides is 2. The van der Waals surface area contributed by atoms with E-state index in [4.69, 9.17) is 4.74 Å². The molecule has 7 nitrogen and oxygen atoms in total. The molecule has 3 atom stereocenters. The zero-order chi connectivity index (χ0) is 23.6. The minimum atomic E-state index is -2.04. The van der Waals surface area contributed by atoms with E-state index in [1.54, 1.807) is 45.0 Å². The number of hydrogen-bond donors (Lipinski definition) is 2. The smallest absolute Gasteiger partial charge is 0.407 e. The van der Waals surface area contributed by atoms with Crippen LogP contribution in [0.4, 0.5) is 9.18 Å². The van der Waals surface area contributed by atoms with Gasteiger partial charge in [-0.1, -0.05) is 44.2 Å². The van der Waals surface area contributed by atoms with Crippen molar-refractivity contribution in [1.29, 1.82) is 0 Å². The fraction of sp³-hybridized carbons (Fsp3) is 0.609. The van der Waals surface area contributed by atoms with Gasteiger partial charge in [0.05, 0.1) is 19.6 Å². The van der Waals surface area contributed by atoms with Crippen LogP contribution in [0, 0.1) is 5.92 Å². The van der Waals surface area contributed by atoms with Gasteiger partial charge >= 0.3 is 12.1 Å². The lowest BCUT2D eigenvalue weighted by atomic mass is 9.99. The molecule has 0 bridgehead atoms.